The summed E-state index contributed by atoms with van der Waals surface area (Å²) < 4.78 is 1.15. The number of anilines is 1. The molecule has 4 N–H and O–H groups in total. The monoisotopic (exact) mass is 240 g/mol. The van der Waals surface area contributed by atoms with Crippen LogP contribution >= 0.6 is 15.9 Å². The van der Waals surface area contributed by atoms with Gasteiger partial charge in [-0.25, -0.2) is 0 Å². The molecule has 3 heteroatoms. The first kappa shape index (κ1) is 9.03. The van der Waals surface area contributed by atoms with E-state index < -0.39 is 0 Å². The van der Waals surface area contributed by atoms with E-state index in [4.69, 9.17) is 11.5 Å². The molecule has 0 saturated heterocycles. The first-order chi connectivity index (χ1) is 6.20. The highest BCUT2D eigenvalue weighted by Gasteiger charge is 2.20. The second-order valence-corrected chi connectivity index (χ2v) is 4.38. The first-order valence-electron chi connectivity index (χ1n) is 4.52. The molecule has 70 valence electrons. The summed E-state index contributed by atoms with van der Waals surface area (Å²) in [5.74, 6) is 0. The minimum Gasteiger partial charge on any atom is -0.398 e. The fourth-order valence-corrected chi connectivity index (χ4v) is 2.54. The van der Waals surface area contributed by atoms with Crippen molar-refractivity contribution in [3.63, 3.8) is 0 Å². The number of rotatable bonds is 0. The highest BCUT2D eigenvalue weighted by atomic mass is 79.9. The molecule has 0 fully saturated rings. The van der Waals surface area contributed by atoms with Crippen molar-refractivity contribution >= 4 is 21.6 Å². The molecule has 0 aliphatic heterocycles. The van der Waals surface area contributed by atoms with Crippen LogP contribution in [0.15, 0.2) is 16.6 Å². The Balaban J connectivity index is 2.60. The highest BCUT2D eigenvalue weighted by molar-refractivity contribution is 9.10. The molecule has 1 aromatic carbocycles. The summed E-state index contributed by atoms with van der Waals surface area (Å²) in [6.45, 7) is 0. The van der Waals surface area contributed by atoms with E-state index in [0.29, 0.717) is 0 Å². The van der Waals surface area contributed by atoms with Crippen molar-refractivity contribution in [3.05, 3.63) is 27.7 Å². The van der Waals surface area contributed by atoms with Gasteiger partial charge in [-0.3, -0.25) is 0 Å². The predicted octanol–water partition coefficient (Wildman–Crippen LogP) is 2.37. The molecule has 1 aliphatic carbocycles. The van der Waals surface area contributed by atoms with Crippen molar-refractivity contribution in [2.45, 2.75) is 25.3 Å². The van der Waals surface area contributed by atoms with Crippen molar-refractivity contribution in [2.75, 3.05) is 5.73 Å². The Morgan fingerprint density at radius 3 is 2.85 bits per heavy atom. The van der Waals surface area contributed by atoms with Gasteiger partial charge in [-0.2, -0.15) is 0 Å². The summed E-state index contributed by atoms with van der Waals surface area (Å²) in [4.78, 5) is 0. The first-order valence-corrected chi connectivity index (χ1v) is 5.32. The van der Waals surface area contributed by atoms with Gasteiger partial charge in [0.25, 0.3) is 0 Å². The lowest BCUT2D eigenvalue weighted by atomic mass is 9.87. The number of halogens is 1. The summed E-state index contributed by atoms with van der Waals surface area (Å²) in [6.07, 6.45) is 3.30. The second kappa shape index (κ2) is 3.31. The molecule has 1 aromatic rings. The lowest BCUT2D eigenvalue weighted by Crippen LogP contribution is -2.19. The molecule has 1 aliphatic rings. The molecule has 13 heavy (non-hydrogen) atoms. The summed E-state index contributed by atoms with van der Waals surface area (Å²) in [6, 6.07) is 4.06. The van der Waals surface area contributed by atoms with Gasteiger partial charge in [-0.05, 0) is 42.5 Å². The van der Waals surface area contributed by atoms with Gasteiger partial charge in [0, 0.05) is 16.2 Å². The number of hydrogen-bond acceptors (Lipinski definition) is 2. The Labute approximate surface area is 86.4 Å². The fourth-order valence-electron chi connectivity index (χ4n) is 1.99. The van der Waals surface area contributed by atoms with E-state index in [1.54, 1.807) is 0 Å². The van der Waals surface area contributed by atoms with E-state index in [-0.39, 0.29) is 6.04 Å². The van der Waals surface area contributed by atoms with E-state index in [1.165, 1.54) is 5.56 Å². The Morgan fingerprint density at radius 1 is 1.38 bits per heavy atom. The SMILES string of the molecule is Nc1ccc(Br)c2c1[C@H](N)CCC2. The molecule has 0 saturated carbocycles. The largest absolute Gasteiger partial charge is 0.398 e. The third-order valence-electron chi connectivity index (χ3n) is 2.65. The summed E-state index contributed by atoms with van der Waals surface area (Å²) in [5, 5.41) is 0. The minimum absolute atomic E-state index is 0.126. The third kappa shape index (κ3) is 1.46. The molecule has 2 rings (SSSR count). The number of nitrogens with two attached hydrogens (primary N) is 2. The van der Waals surface area contributed by atoms with Crippen LogP contribution in [0, 0.1) is 0 Å². The maximum Gasteiger partial charge on any atom is 0.0366 e. The minimum atomic E-state index is 0.126. The number of fused-ring (bicyclic) bond motifs is 1. The number of nitrogen functional groups attached to an aromatic ring is 1. The fraction of sp³-hybridized carbons (Fsp3) is 0.400. The van der Waals surface area contributed by atoms with Gasteiger partial charge in [0.2, 0.25) is 0 Å². The molecular weight excluding hydrogens is 228 g/mol. The van der Waals surface area contributed by atoms with Gasteiger partial charge >= 0.3 is 0 Å². The zero-order valence-corrected chi connectivity index (χ0v) is 8.97. The van der Waals surface area contributed by atoms with Crippen LogP contribution in [0.3, 0.4) is 0 Å². The van der Waals surface area contributed by atoms with Crippen LogP contribution in [0.1, 0.15) is 30.0 Å². The van der Waals surface area contributed by atoms with Gasteiger partial charge in [0.15, 0.2) is 0 Å². The molecular formula is C10H13BrN2. The average molecular weight is 241 g/mol. The molecule has 2 nitrogen and oxygen atoms in total. The Kier molecular flexibility index (Phi) is 2.30. The average Bonchev–Trinajstić information content (AvgIpc) is 2.12. The van der Waals surface area contributed by atoms with Crippen molar-refractivity contribution in [2.24, 2.45) is 5.73 Å². The van der Waals surface area contributed by atoms with Crippen LogP contribution < -0.4 is 11.5 Å². The Morgan fingerprint density at radius 2 is 2.15 bits per heavy atom. The molecule has 0 bridgehead atoms. The van der Waals surface area contributed by atoms with E-state index in [9.17, 15) is 0 Å². The van der Waals surface area contributed by atoms with Crippen LogP contribution in [0.25, 0.3) is 0 Å². The van der Waals surface area contributed by atoms with Crippen LogP contribution in [0.2, 0.25) is 0 Å². The van der Waals surface area contributed by atoms with Crippen LogP contribution in [-0.2, 0) is 6.42 Å². The standard InChI is InChI=1S/C10H13BrN2/c11-7-4-5-9(13)10-6(7)2-1-3-8(10)12/h4-5,8H,1-3,12-13H2/t8-/m1/s1. The molecule has 0 unspecified atom stereocenters. The molecule has 1 atom stereocenters. The zero-order valence-electron chi connectivity index (χ0n) is 7.39. The van der Waals surface area contributed by atoms with E-state index >= 15 is 0 Å². The third-order valence-corrected chi connectivity index (χ3v) is 3.39. The van der Waals surface area contributed by atoms with Gasteiger partial charge < -0.3 is 11.5 Å². The topological polar surface area (TPSA) is 52.0 Å². The normalized spacial score (nSPS) is 21.2. The smallest absolute Gasteiger partial charge is 0.0366 e. The van der Waals surface area contributed by atoms with Gasteiger partial charge in [0.1, 0.15) is 0 Å². The zero-order chi connectivity index (χ0) is 9.42. The van der Waals surface area contributed by atoms with Gasteiger partial charge in [-0.15, -0.1) is 0 Å². The molecule has 0 aromatic heterocycles. The summed E-state index contributed by atoms with van der Waals surface area (Å²) in [7, 11) is 0. The predicted molar refractivity (Wildman–Crippen MR) is 58.4 cm³/mol. The van der Waals surface area contributed by atoms with E-state index in [1.807, 2.05) is 12.1 Å². The van der Waals surface area contributed by atoms with Crippen LogP contribution in [0.4, 0.5) is 5.69 Å². The lowest BCUT2D eigenvalue weighted by Gasteiger charge is -2.24. The van der Waals surface area contributed by atoms with E-state index in [0.717, 1.165) is 35.0 Å². The van der Waals surface area contributed by atoms with Gasteiger partial charge in [-0.1, -0.05) is 15.9 Å². The van der Waals surface area contributed by atoms with E-state index in [2.05, 4.69) is 15.9 Å². The summed E-state index contributed by atoms with van der Waals surface area (Å²) >= 11 is 3.53. The van der Waals surface area contributed by atoms with Crippen molar-refractivity contribution in [3.8, 4) is 0 Å². The molecule has 0 radical (unpaired) electrons. The van der Waals surface area contributed by atoms with Gasteiger partial charge in [0.05, 0.1) is 0 Å². The highest BCUT2D eigenvalue weighted by Crippen LogP contribution is 2.36. The molecule has 0 heterocycles. The molecule has 0 amide bonds. The second-order valence-electron chi connectivity index (χ2n) is 3.53. The number of benzene rings is 1. The quantitative estimate of drug-likeness (QED) is 0.685. The molecule has 0 spiro atoms. The van der Waals surface area contributed by atoms with Crippen molar-refractivity contribution in [1.29, 1.82) is 0 Å². The summed E-state index contributed by atoms with van der Waals surface area (Å²) in [5.41, 5.74) is 15.2. The van der Waals surface area contributed by atoms with Crippen LogP contribution in [0.5, 0.6) is 0 Å². The number of hydrogen-bond donors (Lipinski definition) is 2. The maximum absolute atomic E-state index is 6.02. The lowest BCUT2D eigenvalue weighted by molar-refractivity contribution is 0.571. The maximum atomic E-state index is 6.02. The van der Waals surface area contributed by atoms with Crippen molar-refractivity contribution < 1.29 is 0 Å². The Bertz CT molecular complexity index is 336. The Hall–Kier alpha value is -0.540. The van der Waals surface area contributed by atoms with Crippen LogP contribution in [-0.4, -0.2) is 0 Å². The van der Waals surface area contributed by atoms with Crippen molar-refractivity contribution in [1.82, 2.24) is 0 Å².